The zero-order valence-electron chi connectivity index (χ0n) is 6.15. The number of hydrogen-bond donors (Lipinski definition) is 0. The van der Waals surface area contributed by atoms with Crippen LogP contribution in [0, 0.1) is 0 Å². The molecule has 0 saturated heterocycles. The van der Waals surface area contributed by atoms with Crippen molar-refractivity contribution in [3.05, 3.63) is 31.1 Å². The second-order valence-corrected chi connectivity index (χ2v) is 2.64. The van der Waals surface area contributed by atoms with Gasteiger partial charge >= 0.3 is 0 Å². The van der Waals surface area contributed by atoms with Crippen LogP contribution in [0.4, 0.5) is 0 Å². The lowest BCUT2D eigenvalue weighted by Crippen LogP contribution is -1.67. The van der Waals surface area contributed by atoms with E-state index in [9.17, 15) is 0 Å². The Hall–Kier alpha value is -1.77. The van der Waals surface area contributed by atoms with Crippen LogP contribution in [0.2, 0.25) is 0 Å². The summed E-state index contributed by atoms with van der Waals surface area (Å²) >= 11 is 0. The third-order valence-corrected chi connectivity index (χ3v) is 1.95. The number of hydrogen-bond acceptors (Lipinski definition) is 3. The fraction of sp³-hybridized carbons (Fsp3) is 0. The number of aromatic nitrogens is 1. The van der Waals surface area contributed by atoms with Gasteiger partial charge in [0.15, 0.2) is 12.0 Å². The van der Waals surface area contributed by atoms with Crippen LogP contribution in [0.25, 0.3) is 21.9 Å². The Bertz CT molecular complexity index is 486. The predicted octanol–water partition coefficient (Wildman–Crippen LogP) is 2.57. The number of oxazole rings is 1. The second kappa shape index (κ2) is 1.88. The van der Waals surface area contributed by atoms with Gasteiger partial charge in [-0.05, 0) is 12.1 Å². The van der Waals surface area contributed by atoms with Crippen LogP contribution in [0.15, 0.2) is 39.9 Å². The molecule has 0 spiro atoms. The van der Waals surface area contributed by atoms with Crippen LogP contribution in [-0.4, -0.2) is 4.98 Å². The number of benzene rings is 1. The van der Waals surface area contributed by atoms with Crippen molar-refractivity contribution in [1.29, 1.82) is 0 Å². The Morgan fingerprint density at radius 2 is 2.17 bits per heavy atom. The van der Waals surface area contributed by atoms with Crippen molar-refractivity contribution in [1.82, 2.24) is 4.98 Å². The van der Waals surface area contributed by atoms with E-state index in [1.54, 1.807) is 12.5 Å². The molecule has 0 fully saturated rings. The Morgan fingerprint density at radius 1 is 1.17 bits per heavy atom. The Kier molecular flexibility index (Phi) is 0.913. The smallest absolute Gasteiger partial charge is 0.182 e. The van der Waals surface area contributed by atoms with Crippen LogP contribution < -0.4 is 0 Å². The van der Waals surface area contributed by atoms with Crippen molar-refractivity contribution < 1.29 is 8.83 Å². The average Bonchev–Trinajstić information content (AvgIpc) is 2.71. The molecule has 0 amide bonds. The SMILES string of the molecule is c1nc2ccc3cocc3c2o1. The van der Waals surface area contributed by atoms with E-state index >= 15 is 0 Å². The minimum Gasteiger partial charge on any atom is -0.471 e. The predicted molar refractivity (Wildman–Crippen MR) is 43.8 cm³/mol. The van der Waals surface area contributed by atoms with E-state index in [1.165, 1.54) is 6.39 Å². The first-order valence-electron chi connectivity index (χ1n) is 3.63. The van der Waals surface area contributed by atoms with E-state index in [4.69, 9.17) is 8.83 Å². The lowest BCUT2D eigenvalue weighted by molar-refractivity contribution is 0.570. The molecule has 3 aromatic rings. The van der Waals surface area contributed by atoms with E-state index in [2.05, 4.69) is 4.98 Å². The minimum atomic E-state index is 0.793. The highest BCUT2D eigenvalue weighted by molar-refractivity contribution is 6.01. The van der Waals surface area contributed by atoms with Gasteiger partial charge in [0, 0.05) is 5.39 Å². The monoisotopic (exact) mass is 159 g/mol. The first-order chi connectivity index (χ1) is 5.95. The Labute approximate surface area is 67.6 Å². The molecule has 0 saturated carbocycles. The van der Waals surface area contributed by atoms with E-state index < -0.39 is 0 Å². The summed E-state index contributed by atoms with van der Waals surface area (Å²) in [6.45, 7) is 0. The van der Waals surface area contributed by atoms with Gasteiger partial charge in [0.25, 0.3) is 0 Å². The average molecular weight is 159 g/mol. The molecule has 1 aromatic carbocycles. The van der Waals surface area contributed by atoms with Gasteiger partial charge in [0.05, 0.1) is 11.6 Å². The maximum Gasteiger partial charge on any atom is 0.182 e. The highest BCUT2D eigenvalue weighted by Gasteiger charge is 2.04. The van der Waals surface area contributed by atoms with E-state index in [-0.39, 0.29) is 0 Å². The maximum atomic E-state index is 5.22. The molecular formula is C9H5NO2. The van der Waals surface area contributed by atoms with Crippen molar-refractivity contribution >= 4 is 21.9 Å². The number of rotatable bonds is 0. The second-order valence-electron chi connectivity index (χ2n) is 2.64. The van der Waals surface area contributed by atoms with Gasteiger partial charge in [-0.2, -0.15) is 0 Å². The molecule has 2 heterocycles. The number of fused-ring (bicyclic) bond motifs is 3. The van der Waals surface area contributed by atoms with Gasteiger partial charge in [0.1, 0.15) is 11.8 Å². The molecule has 58 valence electrons. The largest absolute Gasteiger partial charge is 0.471 e. The Balaban J connectivity index is 2.71. The fourth-order valence-electron chi connectivity index (χ4n) is 1.36. The summed E-state index contributed by atoms with van der Waals surface area (Å²) in [4.78, 5) is 4.04. The van der Waals surface area contributed by atoms with E-state index in [1.807, 2.05) is 12.1 Å². The van der Waals surface area contributed by atoms with Crippen molar-refractivity contribution in [2.45, 2.75) is 0 Å². The molecule has 0 aliphatic rings. The van der Waals surface area contributed by atoms with Crippen molar-refractivity contribution in [3.63, 3.8) is 0 Å². The number of furan rings is 1. The molecular weight excluding hydrogens is 154 g/mol. The normalized spacial score (nSPS) is 11.3. The Morgan fingerprint density at radius 3 is 3.17 bits per heavy atom. The van der Waals surface area contributed by atoms with Gasteiger partial charge < -0.3 is 8.83 Å². The van der Waals surface area contributed by atoms with Gasteiger partial charge in [-0.1, -0.05) is 0 Å². The molecule has 3 rings (SSSR count). The molecule has 0 N–H and O–H groups in total. The first kappa shape index (κ1) is 5.83. The van der Waals surface area contributed by atoms with Crippen molar-refractivity contribution in [3.8, 4) is 0 Å². The minimum absolute atomic E-state index is 0.793. The molecule has 0 radical (unpaired) electrons. The molecule has 12 heavy (non-hydrogen) atoms. The summed E-state index contributed by atoms with van der Waals surface area (Å²) in [5.74, 6) is 0. The van der Waals surface area contributed by atoms with E-state index in [0.717, 1.165) is 21.9 Å². The quantitative estimate of drug-likeness (QED) is 0.506. The third kappa shape index (κ3) is 0.580. The molecule has 0 unspecified atom stereocenters. The standard InChI is InChI=1S/C9H5NO2/c1-2-8-9(12-5-10-8)7-4-11-3-6(1)7/h1-5H. The zero-order valence-corrected chi connectivity index (χ0v) is 6.15. The molecule has 0 bridgehead atoms. The molecule has 3 heteroatoms. The van der Waals surface area contributed by atoms with Crippen molar-refractivity contribution in [2.75, 3.05) is 0 Å². The summed E-state index contributed by atoms with van der Waals surface area (Å²) in [7, 11) is 0. The molecule has 0 aliphatic heterocycles. The van der Waals surface area contributed by atoms with Gasteiger partial charge in [0.2, 0.25) is 0 Å². The highest BCUT2D eigenvalue weighted by Crippen LogP contribution is 2.24. The maximum absolute atomic E-state index is 5.22. The summed E-state index contributed by atoms with van der Waals surface area (Å²) in [5, 5.41) is 2.02. The summed E-state index contributed by atoms with van der Waals surface area (Å²) < 4.78 is 10.3. The zero-order chi connectivity index (χ0) is 7.97. The molecule has 2 aromatic heterocycles. The molecule has 3 nitrogen and oxygen atoms in total. The van der Waals surface area contributed by atoms with Crippen LogP contribution in [0.1, 0.15) is 0 Å². The van der Waals surface area contributed by atoms with Crippen molar-refractivity contribution in [2.24, 2.45) is 0 Å². The number of nitrogens with zero attached hydrogens (tertiary/aromatic N) is 1. The first-order valence-corrected chi connectivity index (χ1v) is 3.63. The van der Waals surface area contributed by atoms with Crippen LogP contribution in [-0.2, 0) is 0 Å². The third-order valence-electron chi connectivity index (χ3n) is 1.95. The highest BCUT2D eigenvalue weighted by atomic mass is 16.3. The van der Waals surface area contributed by atoms with Crippen LogP contribution >= 0.6 is 0 Å². The fourth-order valence-corrected chi connectivity index (χ4v) is 1.36. The molecule has 0 atom stereocenters. The van der Waals surface area contributed by atoms with Gasteiger partial charge in [-0.25, -0.2) is 4.98 Å². The van der Waals surface area contributed by atoms with Crippen LogP contribution in [0.5, 0.6) is 0 Å². The summed E-state index contributed by atoms with van der Waals surface area (Å²) in [5.41, 5.74) is 1.66. The van der Waals surface area contributed by atoms with Gasteiger partial charge in [-0.3, -0.25) is 0 Å². The van der Waals surface area contributed by atoms with Gasteiger partial charge in [-0.15, -0.1) is 0 Å². The molecule has 0 aliphatic carbocycles. The summed E-state index contributed by atoms with van der Waals surface area (Å²) in [6, 6.07) is 3.88. The van der Waals surface area contributed by atoms with E-state index in [0.29, 0.717) is 0 Å². The summed E-state index contributed by atoms with van der Waals surface area (Å²) in [6.07, 6.45) is 4.80. The topological polar surface area (TPSA) is 39.2 Å². The lowest BCUT2D eigenvalue weighted by Gasteiger charge is -1.86. The van der Waals surface area contributed by atoms with Crippen LogP contribution in [0.3, 0.4) is 0 Å². The lowest BCUT2D eigenvalue weighted by atomic mass is 10.2.